The molecule has 25 heavy (non-hydrogen) atoms. The second-order valence-corrected chi connectivity index (χ2v) is 6.17. The first-order valence-electron chi connectivity index (χ1n) is 7.45. The van der Waals surface area contributed by atoms with Crippen LogP contribution in [0.15, 0.2) is 53.7 Å². The van der Waals surface area contributed by atoms with Crippen molar-refractivity contribution in [3.8, 4) is 0 Å². The second-order valence-electron chi connectivity index (χ2n) is 5.22. The summed E-state index contributed by atoms with van der Waals surface area (Å²) in [4.78, 5) is 16.3. The number of carbonyl (C=O) groups is 1. The number of aromatic nitrogens is 2. The smallest absolute Gasteiger partial charge is 0.291 e. The summed E-state index contributed by atoms with van der Waals surface area (Å²) in [5.74, 6) is -3.47. The van der Waals surface area contributed by atoms with Gasteiger partial charge in [-0.2, -0.15) is 8.78 Å². The number of thioether (sulfide) groups is 1. The van der Waals surface area contributed by atoms with Crippen LogP contribution in [0.1, 0.15) is 5.56 Å². The normalized spacial score (nSPS) is 11.2. The van der Waals surface area contributed by atoms with E-state index in [2.05, 4.69) is 10.3 Å². The van der Waals surface area contributed by atoms with E-state index in [9.17, 15) is 18.0 Å². The van der Waals surface area contributed by atoms with Gasteiger partial charge in [0.25, 0.3) is 5.76 Å². The average molecular weight is 365 g/mol. The monoisotopic (exact) mass is 365 g/mol. The lowest BCUT2D eigenvalue weighted by Crippen LogP contribution is -2.27. The lowest BCUT2D eigenvalue weighted by molar-refractivity contribution is -0.121. The van der Waals surface area contributed by atoms with Crippen LogP contribution in [-0.4, -0.2) is 21.2 Å². The maximum atomic E-state index is 13.6. The lowest BCUT2D eigenvalue weighted by Gasteiger charge is -2.10. The molecule has 0 saturated carbocycles. The number of carbonyl (C=O) groups excluding carboxylic acids is 1. The molecule has 0 unspecified atom stereocenters. The predicted octanol–water partition coefficient (Wildman–Crippen LogP) is 3.81. The molecular weight excluding hydrogens is 351 g/mol. The molecule has 0 aliphatic heterocycles. The van der Waals surface area contributed by atoms with Gasteiger partial charge in [-0.25, -0.2) is 9.37 Å². The summed E-state index contributed by atoms with van der Waals surface area (Å²) >= 11 is 0.288. The Morgan fingerprint density at radius 3 is 2.64 bits per heavy atom. The van der Waals surface area contributed by atoms with E-state index >= 15 is 0 Å². The Morgan fingerprint density at radius 1 is 1.16 bits per heavy atom. The zero-order chi connectivity index (χ0) is 17.8. The summed E-state index contributed by atoms with van der Waals surface area (Å²) in [5, 5.41) is 2.67. The van der Waals surface area contributed by atoms with E-state index in [1.807, 2.05) is 0 Å². The second kappa shape index (κ2) is 7.60. The molecule has 0 spiro atoms. The molecule has 3 aromatic rings. The molecule has 130 valence electrons. The Morgan fingerprint density at radius 2 is 1.88 bits per heavy atom. The van der Waals surface area contributed by atoms with Crippen molar-refractivity contribution >= 4 is 28.7 Å². The maximum absolute atomic E-state index is 13.6. The first kappa shape index (κ1) is 17.3. The Kier molecular flexibility index (Phi) is 5.28. The van der Waals surface area contributed by atoms with E-state index in [1.165, 1.54) is 10.6 Å². The molecule has 1 N–H and O–H groups in total. The molecule has 1 heterocycles. The number of benzene rings is 2. The molecule has 0 aliphatic carbocycles. The van der Waals surface area contributed by atoms with Crippen LogP contribution in [0.5, 0.6) is 0 Å². The first-order valence-corrected chi connectivity index (χ1v) is 8.33. The minimum Gasteiger partial charge on any atom is -0.350 e. The highest BCUT2D eigenvalue weighted by Crippen LogP contribution is 2.28. The molecule has 3 rings (SSSR count). The third kappa shape index (κ3) is 4.14. The number of amides is 1. The Bertz CT molecular complexity index is 898. The molecule has 0 bridgehead atoms. The number of hydrogen-bond donors (Lipinski definition) is 1. The van der Waals surface area contributed by atoms with Gasteiger partial charge in [0.2, 0.25) is 5.91 Å². The summed E-state index contributed by atoms with van der Waals surface area (Å²) in [6.45, 7) is -0.153. The van der Waals surface area contributed by atoms with Gasteiger partial charge in [0.15, 0.2) is 5.16 Å². The number of fused-ring (bicyclic) bond motifs is 1. The van der Waals surface area contributed by atoms with E-state index in [0.717, 1.165) is 0 Å². The number of nitrogens with zero attached hydrogens (tertiary/aromatic N) is 2. The zero-order valence-corrected chi connectivity index (χ0v) is 13.8. The summed E-state index contributed by atoms with van der Waals surface area (Å²) in [7, 11) is 0. The number of halogens is 3. The molecule has 2 aromatic carbocycles. The third-order valence-electron chi connectivity index (χ3n) is 3.55. The molecular formula is C17H14F3N3OS. The fourth-order valence-electron chi connectivity index (χ4n) is 2.41. The van der Waals surface area contributed by atoms with E-state index in [-0.39, 0.29) is 30.0 Å². The average Bonchev–Trinajstić information content (AvgIpc) is 2.91. The van der Waals surface area contributed by atoms with Gasteiger partial charge in [-0.15, -0.1) is 0 Å². The van der Waals surface area contributed by atoms with E-state index in [4.69, 9.17) is 0 Å². The summed E-state index contributed by atoms with van der Waals surface area (Å²) < 4.78 is 40.5. The van der Waals surface area contributed by atoms with Crippen LogP contribution in [0.3, 0.4) is 0 Å². The molecule has 0 radical (unpaired) electrons. The highest BCUT2D eigenvalue weighted by Gasteiger charge is 2.17. The molecule has 0 aliphatic rings. The largest absolute Gasteiger partial charge is 0.350 e. The molecule has 0 atom stereocenters. The summed E-state index contributed by atoms with van der Waals surface area (Å²) in [6.07, 6.45) is 0. The van der Waals surface area contributed by atoms with E-state index in [1.54, 1.807) is 42.5 Å². The standard InChI is InChI=1S/C17H14F3N3OS/c18-12-6-2-1-5-11(12)9-21-15(24)10-23-14-8-4-3-7-13(14)22-17(23)25-16(19)20/h1-8,16H,9-10H2,(H,21,24). The minimum absolute atomic E-state index is 0.0233. The van der Waals surface area contributed by atoms with Crippen molar-refractivity contribution in [1.29, 1.82) is 0 Å². The highest BCUT2D eigenvalue weighted by atomic mass is 32.2. The van der Waals surface area contributed by atoms with Crippen LogP contribution in [0.4, 0.5) is 13.2 Å². The Labute approximate surface area is 146 Å². The van der Waals surface area contributed by atoms with Gasteiger partial charge < -0.3 is 9.88 Å². The van der Waals surface area contributed by atoms with Crippen molar-refractivity contribution in [1.82, 2.24) is 14.9 Å². The van der Waals surface area contributed by atoms with Gasteiger partial charge in [-0.3, -0.25) is 4.79 Å². The van der Waals surface area contributed by atoms with Gasteiger partial charge >= 0.3 is 0 Å². The fourth-order valence-corrected chi connectivity index (χ4v) is 3.01. The number of rotatable bonds is 6. The van der Waals surface area contributed by atoms with Crippen molar-refractivity contribution in [2.45, 2.75) is 24.0 Å². The van der Waals surface area contributed by atoms with Crippen molar-refractivity contribution in [2.75, 3.05) is 0 Å². The minimum atomic E-state index is -2.64. The number of alkyl halides is 2. The highest BCUT2D eigenvalue weighted by molar-refractivity contribution is 7.99. The Balaban J connectivity index is 1.77. The van der Waals surface area contributed by atoms with E-state index in [0.29, 0.717) is 16.6 Å². The van der Waals surface area contributed by atoms with E-state index < -0.39 is 17.5 Å². The molecule has 1 aromatic heterocycles. The predicted molar refractivity (Wildman–Crippen MR) is 89.8 cm³/mol. The molecule has 4 nitrogen and oxygen atoms in total. The molecule has 8 heteroatoms. The van der Waals surface area contributed by atoms with Crippen molar-refractivity contribution in [2.24, 2.45) is 0 Å². The van der Waals surface area contributed by atoms with Gasteiger partial charge in [-0.1, -0.05) is 30.3 Å². The SMILES string of the molecule is O=C(Cn1c(SC(F)F)nc2ccccc21)NCc1ccccc1F. The summed E-state index contributed by atoms with van der Waals surface area (Å²) in [6, 6.07) is 13.0. The van der Waals surface area contributed by atoms with Crippen LogP contribution in [0, 0.1) is 5.82 Å². The van der Waals surface area contributed by atoms with Crippen molar-refractivity contribution in [3.63, 3.8) is 0 Å². The zero-order valence-electron chi connectivity index (χ0n) is 13.0. The first-order chi connectivity index (χ1) is 12.0. The number of imidazole rings is 1. The number of hydrogen-bond acceptors (Lipinski definition) is 3. The van der Waals surface area contributed by atoms with Crippen LogP contribution in [-0.2, 0) is 17.9 Å². The number of nitrogens with one attached hydrogen (secondary N) is 1. The van der Waals surface area contributed by atoms with Gasteiger partial charge in [-0.05, 0) is 30.0 Å². The van der Waals surface area contributed by atoms with Gasteiger partial charge in [0.1, 0.15) is 12.4 Å². The van der Waals surface area contributed by atoms with Crippen LogP contribution in [0.2, 0.25) is 0 Å². The topological polar surface area (TPSA) is 46.9 Å². The fraction of sp³-hybridized carbons (Fsp3) is 0.176. The van der Waals surface area contributed by atoms with Crippen LogP contribution in [0.25, 0.3) is 11.0 Å². The van der Waals surface area contributed by atoms with Crippen LogP contribution < -0.4 is 5.32 Å². The van der Waals surface area contributed by atoms with Crippen molar-refractivity contribution in [3.05, 3.63) is 59.9 Å². The van der Waals surface area contributed by atoms with Crippen molar-refractivity contribution < 1.29 is 18.0 Å². The third-order valence-corrected chi connectivity index (χ3v) is 4.25. The van der Waals surface area contributed by atoms with Gasteiger partial charge in [0, 0.05) is 12.1 Å². The molecule has 1 amide bonds. The Hall–Kier alpha value is -2.48. The molecule has 0 saturated heterocycles. The maximum Gasteiger partial charge on any atom is 0.291 e. The van der Waals surface area contributed by atoms with Gasteiger partial charge in [0.05, 0.1) is 11.0 Å². The van der Waals surface area contributed by atoms with Crippen LogP contribution >= 0.6 is 11.8 Å². The number of para-hydroxylation sites is 2. The quantitative estimate of drug-likeness (QED) is 0.676. The summed E-state index contributed by atoms with van der Waals surface area (Å²) in [5.41, 5.74) is 1.48. The lowest BCUT2D eigenvalue weighted by atomic mass is 10.2. The molecule has 0 fully saturated rings.